The second kappa shape index (κ2) is 8.11. The normalized spacial score (nSPS) is 20.9. The quantitative estimate of drug-likeness (QED) is 0.888. The van der Waals surface area contributed by atoms with Crippen LogP contribution in [0, 0.1) is 5.92 Å². The van der Waals surface area contributed by atoms with Gasteiger partial charge >= 0.3 is 0 Å². The van der Waals surface area contributed by atoms with E-state index in [1.165, 1.54) is 18.4 Å². The van der Waals surface area contributed by atoms with Crippen LogP contribution in [0.1, 0.15) is 36.5 Å². The van der Waals surface area contributed by atoms with Crippen molar-refractivity contribution in [3.8, 4) is 11.5 Å². The van der Waals surface area contributed by atoms with Crippen molar-refractivity contribution in [2.45, 2.75) is 31.9 Å². The Morgan fingerprint density at radius 3 is 2.42 bits per heavy atom. The Labute approximate surface area is 155 Å². The summed E-state index contributed by atoms with van der Waals surface area (Å²) in [6.45, 7) is 4.13. The molecule has 2 aromatic carbocycles. The molecule has 1 N–H and O–H groups in total. The van der Waals surface area contributed by atoms with Gasteiger partial charge in [-0.3, -0.25) is 4.90 Å². The van der Waals surface area contributed by atoms with Gasteiger partial charge in [0.1, 0.15) is 6.61 Å². The molecule has 1 saturated heterocycles. The average Bonchev–Trinajstić information content (AvgIpc) is 2.70. The van der Waals surface area contributed by atoms with E-state index in [0.29, 0.717) is 19.1 Å². The molecule has 26 heavy (non-hydrogen) atoms. The van der Waals surface area contributed by atoms with Gasteiger partial charge in [0.25, 0.3) is 0 Å². The predicted octanol–water partition coefficient (Wildman–Crippen LogP) is 3.79. The molecule has 0 unspecified atom stereocenters. The second-order valence-corrected chi connectivity index (χ2v) is 7.34. The highest BCUT2D eigenvalue weighted by Crippen LogP contribution is 2.35. The molecule has 0 amide bonds. The fraction of sp³-hybridized carbons (Fsp3) is 0.455. The first-order valence-corrected chi connectivity index (χ1v) is 9.62. The molecule has 0 spiro atoms. The van der Waals surface area contributed by atoms with Crippen molar-refractivity contribution in [3.05, 3.63) is 59.7 Å². The zero-order valence-corrected chi connectivity index (χ0v) is 15.1. The maximum atomic E-state index is 9.07. The van der Waals surface area contributed by atoms with Gasteiger partial charge in [-0.05, 0) is 61.5 Å². The number of para-hydroxylation sites is 2. The minimum Gasteiger partial charge on any atom is -0.485 e. The van der Waals surface area contributed by atoms with Crippen LogP contribution in [0.5, 0.6) is 11.5 Å². The molecular formula is C22H27NO3. The molecule has 2 aliphatic heterocycles. The van der Waals surface area contributed by atoms with Gasteiger partial charge in [0.05, 0.1) is 0 Å². The van der Waals surface area contributed by atoms with E-state index in [2.05, 4.69) is 29.2 Å². The first-order valence-electron chi connectivity index (χ1n) is 9.62. The van der Waals surface area contributed by atoms with E-state index in [-0.39, 0.29) is 6.10 Å². The van der Waals surface area contributed by atoms with Gasteiger partial charge in [0.2, 0.25) is 0 Å². The molecular weight excluding hydrogens is 326 g/mol. The molecule has 4 heteroatoms. The molecule has 1 atom stereocenters. The molecule has 0 saturated carbocycles. The van der Waals surface area contributed by atoms with E-state index in [1.807, 2.05) is 24.3 Å². The Balaban J connectivity index is 1.33. The Kier molecular flexibility index (Phi) is 5.42. The highest BCUT2D eigenvalue weighted by molar-refractivity contribution is 5.41. The third-order valence-electron chi connectivity index (χ3n) is 5.51. The van der Waals surface area contributed by atoms with Gasteiger partial charge in [0, 0.05) is 13.2 Å². The van der Waals surface area contributed by atoms with Crippen molar-refractivity contribution in [1.82, 2.24) is 4.90 Å². The fourth-order valence-corrected chi connectivity index (χ4v) is 3.90. The second-order valence-electron chi connectivity index (χ2n) is 7.34. The molecule has 0 radical (unpaired) electrons. The molecule has 4 nitrogen and oxygen atoms in total. The van der Waals surface area contributed by atoms with Gasteiger partial charge in [-0.1, -0.05) is 36.4 Å². The molecule has 2 aromatic rings. The van der Waals surface area contributed by atoms with Crippen molar-refractivity contribution in [2.24, 2.45) is 5.92 Å². The Morgan fingerprint density at radius 2 is 1.69 bits per heavy atom. The number of piperidine rings is 1. The lowest BCUT2D eigenvalue weighted by Gasteiger charge is -2.31. The number of aliphatic hydroxyl groups is 1. The molecule has 2 aliphatic rings. The summed E-state index contributed by atoms with van der Waals surface area (Å²) in [5, 5.41) is 9.07. The maximum Gasteiger partial charge on any atom is 0.162 e. The first-order chi connectivity index (χ1) is 12.8. The van der Waals surface area contributed by atoms with Crippen LogP contribution in [0.4, 0.5) is 0 Å². The standard InChI is InChI=1S/C22H27NO3/c24-14-11-17-9-12-23(13-10-17)15-18-5-7-19(8-6-18)22-16-25-20-3-1-2-4-21(20)26-22/h1-8,17,22,24H,9-16H2/t22-/m1/s1. The van der Waals surface area contributed by atoms with Crippen LogP contribution in [-0.2, 0) is 6.54 Å². The summed E-state index contributed by atoms with van der Waals surface area (Å²) >= 11 is 0. The van der Waals surface area contributed by atoms with E-state index in [0.717, 1.165) is 43.1 Å². The van der Waals surface area contributed by atoms with E-state index in [4.69, 9.17) is 14.6 Å². The number of ether oxygens (including phenoxy) is 2. The Bertz CT molecular complexity index is 708. The number of nitrogens with zero attached hydrogens (tertiary/aromatic N) is 1. The van der Waals surface area contributed by atoms with E-state index < -0.39 is 0 Å². The van der Waals surface area contributed by atoms with Crippen molar-refractivity contribution in [3.63, 3.8) is 0 Å². The van der Waals surface area contributed by atoms with Gasteiger partial charge in [0.15, 0.2) is 17.6 Å². The molecule has 0 bridgehead atoms. The summed E-state index contributed by atoms with van der Waals surface area (Å²) in [7, 11) is 0. The molecule has 0 aliphatic carbocycles. The van der Waals surface area contributed by atoms with Crippen LogP contribution < -0.4 is 9.47 Å². The lowest BCUT2D eigenvalue weighted by molar-refractivity contribution is 0.0912. The largest absolute Gasteiger partial charge is 0.485 e. The number of fused-ring (bicyclic) bond motifs is 1. The number of benzene rings is 2. The van der Waals surface area contributed by atoms with E-state index in [1.54, 1.807) is 0 Å². The highest BCUT2D eigenvalue weighted by atomic mass is 16.6. The van der Waals surface area contributed by atoms with Gasteiger partial charge < -0.3 is 14.6 Å². The summed E-state index contributed by atoms with van der Waals surface area (Å²) in [6.07, 6.45) is 3.30. The number of likely N-dealkylation sites (tertiary alicyclic amines) is 1. The molecule has 2 heterocycles. The van der Waals surface area contributed by atoms with Gasteiger partial charge in [-0.15, -0.1) is 0 Å². The Morgan fingerprint density at radius 1 is 0.962 bits per heavy atom. The molecule has 4 rings (SSSR count). The van der Waals surface area contributed by atoms with Crippen LogP contribution in [0.2, 0.25) is 0 Å². The molecule has 0 aromatic heterocycles. The number of aliphatic hydroxyl groups excluding tert-OH is 1. The minimum absolute atomic E-state index is 0.0480. The van der Waals surface area contributed by atoms with Crippen LogP contribution in [-0.4, -0.2) is 36.3 Å². The summed E-state index contributed by atoms with van der Waals surface area (Å²) in [4.78, 5) is 2.51. The zero-order chi connectivity index (χ0) is 17.8. The fourth-order valence-electron chi connectivity index (χ4n) is 3.90. The minimum atomic E-state index is -0.0480. The number of rotatable bonds is 5. The summed E-state index contributed by atoms with van der Waals surface area (Å²) in [6, 6.07) is 16.6. The van der Waals surface area contributed by atoms with Crippen molar-refractivity contribution >= 4 is 0 Å². The molecule has 138 valence electrons. The van der Waals surface area contributed by atoms with Gasteiger partial charge in [-0.2, -0.15) is 0 Å². The van der Waals surface area contributed by atoms with Crippen molar-refractivity contribution < 1.29 is 14.6 Å². The topological polar surface area (TPSA) is 41.9 Å². The van der Waals surface area contributed by atoms with Gasteiger partial charge in [-0.25, -0.2) is 0 Å². The van der Waals surface area contributed by atoms with Crippen LogP contribution in [0.3, 0.4) is 0 Å². The maximum absolute atomic E-state index is 9.07. The smallest absolute Gasteiger partial charge is 0.162 e. The SMILES string of the molecule is OCCC1CCN(Cc2ccc([C@H]3COc4ccccc4O3)cc2)CC1. The van der Waals surface area contributed by atoms with Crippen LogP contribution in [0.25, 0.3) is 0 Å². The lowest BCUT2D eigenvalue weighted by Crippen LogP contribution is -2.33. The monoisotopic (exact) mass is 353 g/mol. The number of hydrogen-bond acceptors (Lipinski definition) is 4. The third-order valence-corrected chi connectivity index (χ3v) is 5.51. The summed E-state index contributed by atoms with van der Waals surface area (Å²) in [5.41, 5.74) is 2.50. The highest BCUT2D eigenvalue weighted by Gasteiger charge is 2.22. The molecule has 1 fully saturated rings. The van der Waals surface area contributed by atoms with Crippen LogP contribution >= 0.6 is 0 Å². The van der Waals surface area contributed by atoms with Crippen LogP contribution in [0.15, 0.2) is 48.5 Å². The number of hydrogen-bond donors (Lipinski definition) is 1. The first kappa shape index (κ1) is 17.4. The predicted molar refractivity (Wildman–Crippen MR) is 101 cm³/mol. The third kappa shape index (κ3) is 4.02. The average molecular weight is 353 g/mol. The van der Waals surface area contributed by atoms with E-state index >= 15 is 0 Å². The lowest BCUT2D eigenvalue weighted by atomic mass is 9.93. The van der Waals surface area contributed by atoms with Crippen molar-refractivity contribution in [1.29, 1.82) is 0 Å². The summed E-state index contributed by atoms with van der Waals surface area (Å²) < 4.78 is 11.9. The van der Waals surface area contributed by atoms with E-state index in [9.17, 15) is 0 Å². The Hall–Kier alpha value is -2.04. The zero-order valence-electron chi connectivity index (χ0n) is 15.1. The van der Waals surface area contributed by atoms with Crippen molar-refractivity contribution in [2.75, 3.05) is 26.3 Å². The summed E-state index contributed by atoms with van der Waals surface area (Å²) in [5.74, 6) is 2.34.